The number of carbonyl (C=O) groups is 2. The number of carbonyl (C=O) groups excluding carboxylic acids is 2. The van der Waals surface area contributed by atoms with E-state index in [4.69, 9.17) is 0 Å². The summed E-state index contributed by atoms with van der Waals surface area (Å²) in [6.45, 7) is 1.01. The summed E-state index contributed by atoms with van der Waals surface area (Å²) in [4.78, 5) is 24.9. The van der Waals surface area contributed by atoms with Crippen LogP contribution >= 0.6 is 0 Å². The van der Waals surface area contributed by atoms with Gasteiger partial charge in [0.15, 0.2) is 0 Å². The van der Waals surface area contributed by atoms with Gasteiger partial charge in [0.25, 0.3) is 5.91 Å². The molecule has 1 fully saturated rings. The first kappa shape index (κ1) is 12.2. The number of phenols is 2. The van der Waals surface area contributed by atoms with E-state index in [9.17, 15) is 19.8 Å². The van der Waals surface area contributed by atoms with E-state index in [0.29, 0.717) is 19.5 Å². The number of nitrogens with zero attached hydrogens (tertiary/aromatic N) is 1. The van der Waals surface area contributed by atoms with Crippen LogP contribution in [-0.2, 0) is 4.79 Å². The molecule has 0 spiro atoms. The first-order valence-electron chi connectivity index (χ1n) is 5.65. The number of hydrogen-bond acceptors (Lipinski definition) is 4. The molecular formula is C12H14N2O4. The fourth-order valence-corrected chi connectivity index (χ4v) is 1.88. The molecule has 0 unspecified atom stereocenters. The predicted octanol–water partition coefficient (Wildman–Crippen LogP) is 0.0599. The molecule has 1 aliphatic heterocycles. The zero-order chi connectivity index (χ0) is 13.1. The van der Waals surface area contributed by atoms with Crippen LogP contribution in [-0.4, -0.2) is 46.6 Å². The van der Waals surface area contributed by atoms with Gasteiger partial charge in [-0.05, 0) is 18.6 Å². The molecule has 0 radical (unpaired) electrons. The molecule has 2 amide bonds. The Bertz CT molecular complexity index is 467. The molecule has 0 atom stereocenters. The van der Waals surface area contributed by atoms with Crippen molar-refractivity contribution in [2.45, 2.75) is 6.42 Å². The molecule has 1 heterocycles. The third-order valence-electron chi connectivity index (χ3n) is 2.70. The highest BCUT2D eigenvalue weighted by atomic mass is 16.3. The van der Waals surface area contributed by atoms with Crippen LogP contribution in [0.3, 0.4) is 0 Å². The third kappa shape index (κ3) is 2.71. The van der Waals surface area contributed by atoms with Crippen LogP contribution in [0.15, 0.2) is 18.2 Å². The second kappa shape index (κ2) is 4.95. The maximum Gasteiger partial charge on any atom is 0.254 e. The minimum atomic E-state index is -0.377. The lowest BCUT2D eigenvalue weighted by molar-refractivity contribution is -0.121. The van der Waals surface area contributed by atoms with Crippen molar-refractivity contribution < 1.29 is 19.8 Å². The van der Waals surface area contributed by atoms with Crippen LogP contribution in [0.4, 0.5) is 0 Å². The highest BCUT2D eigenvalue weighted by Gasteiger charge is 2.21. The zero-order valence-electron chi connectivity index (χ0n) is 9.72. The zero-order valence-corrected chi connectivity index (χ0v) is 9.72. The standard InChI is InChI=1S/C12H14N2O4/c15-9-4-8(5-10(16)6-9)12(18)14-3-1-2-13-11(17)7-14/h4-6,15-16H,1-3,7H2,(H,13,17). The summed E-state index contributed by atoms with van der Waals surface area (Å²) in [6, 6.07) is 3.68. The second-order valence-electron chi connectivity index (χ2n) is 4.17. The summed E-state index contributed by atoms with van der Waals surface area (Å²) < 4.78 is 0. The molecule has 1 saturated heterocycles. The van der Waals surface area contributed by atoms with Crippen LogP contribution in [0.5, 0.6) is 11.5 Å². The number of aromatic hydroxyl groups is 2. The molecule has 1 aromatic rings. The molecule has 0 aliphatic carbocycles. The average molecular weight is 250 g/mol. The highest BCUT2D eigenvalue weighted by molar-refractivity contribution is 5.97. The Morgan fingerprint density at radius 2 is 1.89 bits per heavy atom. The first-order valence-corrected chi connectivity index (χ1v) is 5.65. The van der Waals surface area contributed by atoms with Crippen molar-refractivity contribution in [3.05, 3.63) is 23.8 Å². The molecule has 1 aromatic carbocycles. The molecule has 6 heteroatoms. The van der Waals surface area contributed by atoms with Crippen LogP contribution in [0.2, 0.25) is 0 Å². The van der Waals surface area contributed by atoms with Crippen molar-refractivity contribution in [3.8, 4) is 11.5 Å². The van der Waals surface area contributed by atoms with Crippen molar-refractivity contribution in [3.63, 3.8) is 0 Å². The van der Waals surface area contributed by atoms with Gasteiger partial charge in [-0.2, -0.15) is 0 Å². The van der Waals surface area contributed by atoms with Crippen LogP contribution in [0.25, 0.3) is 0 Å². The van der Waals surface area contributed by atoms with Crippen molar-refractivity contribution in [2.24, 2.45) is 0 Å². The molecule has 1 aliphatic rings. The predicted molar refractivity (Wildman–Crippen MR) is 63.3 cm³/mol. The summed E-state index contributed by atoms with van der Waals surface area (Å²) in [6.07, 6.45) is 0.683. The van der Waals surface area contributed by atoms with Crippen molar-refractivity contribution in [1.29, 1.82) is 0 Å². The minimum Gasteiger partial charge on any atom is -0.508 e. The van der Waals surface area contributed by atoms with E-state index in [-0.39, 0.29) is 35.4 Å². The molecule has 6 nitrogen and oxygen atoms in total. The van der Waals surface area contributed by atoms with E-state index in [1.54, 1.807) is 0 Å². The van der Waals surface area contributed by atoms with Gasteiger partial charge in [0.2, 0.25) is 5.91 Å². The molecule has 0 saturated carbocycles. The quantitative estimate of drug-likeness (QED) is 0.657. The van der Waals surface area contributed by atoms with E-state index in [2.05, 4.69) is 5.32 Å². The van der Waals surface area contributed by atoms with Crippen LogP contribution in [0, 0.1) is 0 Å². The SMILES string of the molecule is O=C1CN(C(=O)c2cc(O)cc(O)c2)CCCN1. The monoisotopic (exact) mass is 250 g/mol. The fourth-order valence-electron chi connectivity index (χ4n) is 1.88. The molecule has 0 aromatic heterocycles. The normalized spacial score (nSPS) is 16.0. The van der Waals surface area contributed by atoms with E-state index >= 15 is 0 Å². The average Bonchev–Trinajstić information content (AvgIpc) is 2.51. The Balaban J connectivity index is 2.21. The summed E-state index contributed by atoms with van der Waals surface area (Å²) in [7, 11) is 0. The van der Waals surface area contributed by atoms with Crippen molar-refractivity contribution >= 4 is 11.8 Å². The molecule has 0 bridgehead atoms. The summed E-state index contributed by atoms with van der Waals surface area (Å²) in [5, 5.41) is 21.3. The van der Waals surface area contributed by atoms with E-state index in [1.165, 1.54) is 17.0 Å². The van der Waals surface area contributed by atoms with Crippen molar-refractivity contribution in [2.75, 3.05) is 19.6 Å². The summed E-state index contributed by atoms with van der Waals surface area (Å²) in [5.41, 5.74) is 0.169. The number of rotatable bonds is 1. The minimum absolute atomic E-state index is 0.00471. The lowest BCUT2D eigenvalue weighted by atomic mass is 10.1. The number of amides is 2. The van der Waals surface area contributed by atoms with Crippen LogP contribution < -0.4 is 5.32 Å². The molecule has 96 valence electrons. The van der Waals surface area contributed by atoms with E-state index in [0.717, 1.165) is 6.07 Å². The largest absolute Gasteiger partial charge is 0.508 e. The molecule has 2 rings (SSSR count). The van der Waals surface area contributed by atoms with Gasteiger partial charge in [0.1, 0.15) is 11.5 Å². The fraction of sp³-hybridized carbons (Fsp3) is 0.333. The third-order valence-corrected chi connectivity index (χ3v) is 2.70. The first-order chi connectivity index (χ1) is 8.56. The van der Waals surface area contributed by atoms with Gasteiger partial charge < -0.3 is 20.4 Å². The Kier molecular flexibility index (Phi) is 3.36. The lowest BCUT2D eigenvalue weighted by Gasteiger charge is -2.19. The Hall–Kier alpha value is -2.24. The van der Waals surface area contributed by atoms with Gasteiger partial charge in [-0.15, -0.1) is 0 Å². The Morgan fingerprint density at radius 1 is 1.22 bits per heavy atom. The molecular weight excluding hydrogens is 236 g/mol. The smallest absolute Gasteiger partial charge is 0.254 e. The van der Waals surface area contributed by atoms with Gasteiger partial charge in [-0.1, -0.05) is 0 Å². The Labute approximate surface area is 104 Å². The van der Waals surface area contributed by atoms with Gasteiger partial charge in [-0.3, -0.25) is 9.59 Å². The second-order valence-corrected chi connectivity index (χ2v) is 4.17. The van der Waals surface area contributed by atoms with Crippen molar-refractivity contribution in [1.82, 2.24) is 10.2 Å². The lowest BCUT2D eigenvalue weighted by Crippen LogP contribution is -2.37. The van der Waals surface area contributed by atoms with Gasteiger partial charge in [0.05, 0.1) is 6.54 Å². The maximum absolute atomic E-state index is 12.1. The van der Waals surface area contributed by atoms with Gasteiger partial charge in [-0.25, -0.2) is 0 Å². The van der Waals surface area contributed by atoms with E-state index in [1.807, 2.05) is 0 Å². The number of nitrogens with one attached hydrogen (secondary N) is 1. The molecule has 3 N–H and O–H groups in total. The summed E-state index contributed by atoms with van der Waals surface area (Å²) in [5.74, 6) is -0.946. The number of hydrogen-bond donors (Lipinski definition) is 3. The van der Waals surface area contributed by atoms with Gasteiger partial charge >= 0.3 is 0 Å². The Morgan fingerprint density at radius 3 is 2.56 bits per heavy atom. The number of benzene rings is 1. The highest BCUT2D eigenvalue weighted by Crippen LogP contribution is 2.21. The van der Waals surface area contributed by atoms with Crippen LogP contribution in [0.1, 0.15) is 16.8 Å². The maximum atomic E-state index is 12.1. The van der Waals surface area contributed by atoms with E-state index < -0.39 is 0 Å². The summed E-state index contributed by atoms with van der Waals surface area (Å²) >= 11 is 0. The topological polar surface area (TPSA) is 89.9 Å². The molecule has 18 heavy (non-hydrogen) atoms. The van der Waals surface area contributed by atoms with Gasteiger partial charge in [0, 0.05) is 24.7 Å². The number of phenolic OH excluding ortho intramolecular Hbond substituents is 2.